The first-order valence-electron chi connectivity index (χ1n) is 11.8. The van der Waals surface area contributed by atoms with Crippen molar-refractivity contribution in [3.63, 3.8) is 0 Å². The normalized spacial score (nSPS) is 11.2. The average molecular weight is 471 g/mol. The van der Waals surface area contributed by atoms with Gasteiger partial charge < -0.3 is 8.83 Å². The summed E-state index contributed by atoms with van der Waals surface area (Å²) >= 11 is 0. The molecule has 0 amide bonds. The third-order valence-corrected chi connectivity index (χ3v) is 6.39. The maximum atomic E-state index is 12.9. The lowest BCUT2D eigenvalue weighted by atomic mass is 10.0. The van der Waals surface area contributed by atoms with Crippen molar-refractivity contribution in [2.24, 2.45) is 0 Å². The van der Waals surface area contributed by atoms with Crippen LogP contribution in [-0.4, -0.2) is 0 Å². The van der Waals surface area contributed by atoms with E-state index >= 15 is 0 Å². The Labute approximate surface area is 207 Å². The van der Waals surface area contributed by atoms with Gasteiger partial charge >= 0.3 is 11.3 Å². The Morgan fingerprint density at radius 3 is 1.28 bits per heavy atom. The molecule has 0 N–H and O–H groups in total. The molecule has 0 aliphatic rings. The Hall–Kier alpha value is -4.70. The fourth-order valence-corrected chi connectivity index (χ4v) is 4.60. The highest BCUT2D eigenvalue weighted by Gasteiger charge is 2.15. The van der Waals surface area contributed by atoms with Gasteiger partial charge in [0.05, 0.1) is 11.1 Å². The zero-order valence-electron chi connectivity index (χ0n) is 19.4. The van der Waals surface area contributed by atoms with Crippen LogP contribution in [-0.2, 0) is 12.8 Å². The lowest BCUT2D eigenvalue weighted by Crippen LogP contribution is -2.11. The second kappa shape index (κ2) is 9.16. The summed E-state index contributed by atoms with van der Waals surface area (Å²) in [4.78, 5) is 25.7. The molecule has 0 spiro atoms. The minimum Gasteiger partial charge on any atom is -0.422 e. The highest BCUT2D eigenvalue weighted by atomic mass is 16.4. The fraction of sp³-hybridized carbons (Fsp3) is 0.0625. The van der Waals surface area contributed by atoms with Crippen molar-refractivity contribution in [1.29, 1.82) is 0 Å². The van der Waals surface area contributed by atoms with E-state index in [1.165, 1.54) is 11.1 Å². The highest BCUT2D eigenvalue weighted by molar-refractivity contribution is 5.86. The Morgan fingerprint density at radius 2 is 0.861 bits per heavy atom. The molecule has 4 nitrogen and oxygen atoms in total. The van der Waals surface area contributed by atoms with Gasteiger partial charge in [0.25, 0.3) is 0 Å². The van der Waals surface area contributed by atoms with Gasteiger partial charge in [0.15, 0.2) is 0 Å². The molecule has 0 atom stereocenters. The first kappa shape index (κ1) is 21.8. The van der Waals surface area contributed by atoms with E-state index in [9.17, 15) is 9.59 Å². The second-order valence-corrected chi connectivity index (χ2v) is 8.96. The topological polar surface area (TPSA) is 60.4 Å². The third-order valence-electron chi connectivity index (χ3n) is 6.39. The van der Waals surface area contributed by atoms with Gasteiger partial charge in [0, 0.05) is 10.8 Å². The molecule has 4 aromatic carbocycles. The van der Waals surface area contributed by atoms with Crippen LogP contribution in [0.1, 0.15) is 22.3 Å². The summed E-state index contributed by atoms with van der Waals surface area (Å²) in [5, 5.41) is 1.52. The van der Waals surface area contributed by atoms with Crippen LogP contribution in [0.25, 0.3) is 33.1 Å². The largest absolute Gasteiger partial charge is 0.422 e. The number of hydrogen-bond acceptors (Lipinski definition) is 4. The quantitative estimate of drug-likeness (QED) is 0.262. The molecule has 2 heterocycles. The van der Waals surface area contributed by atoms with E-state index in [4.69, 9.17) is 8.83 Å². The Kier molecular flexibility index (Phi) is 5.55. The minimum atomic E-state index is -0.564. The molecule has 174 valence electrons. The van der Waals surface area contributed by atoms with Crippen LogP contribution in [0.3, 0.4) is 0 Å². The molecule has 2 aromatic heterocycles. The predicted molar refractivity (Wildman–Crippen MR) is 142 cm³/mol. The van der Waals surface area contributed by atoms with E-state index in [1.807, 2.05) is 60.7 Å². The molecule has 0 saturated carbocycles. The van der Waals surface area contributed by atoms with Gasteiger partial charge in [-0.1, -0.05) is 72.8 Å². The summed E-state index contributed by atoms with van der Waals surface area (Å²) in [6.07, 6.45) is 1.51. The molecular formula is C32H22O4. The zero-order chi connectivity index (χ0) is 24.5. The summed E-state index contributed by atoms with van der Waals surface area (Å²) in [7, 11) is 0. The fourth-order valence-electron chi connectivity index (χ4n) is 4.60. The van der Waals surface area contributed by atoms with Crippen molar-refractivity contribution in [1.82, 2.24) is 0 Å². The van der Waals surface area contributed by atoms with E-state index in [0.29, 0.717) is 11.2 Å². The van der Waals surface area contributed by atoms with Gasteiger partial charge in [-0.3, -0.25) is 0 Å². The van der Waals surface area contributed by atoms with E-state index in [-0.39, 0.29) is 11.1 Å². The van der Waals surface area contributed by atoms with Crippen molar-refractivity contribution in [2.75, 3.05) is 0 Å². The van der Waals surface area contributed by atoms with Crippen LogP contribution < -0.4 is 11.3 Å². The highest BCUT2D eigenvalue weighted by Crippen LogP contribution is 2.25. The van der Waals surface area contributed by atoms with E-state index < -0.39 is 11.3 Å². The molecule has 36 heavy (non-hydrogen) atoms. The first-order chi connectivity index (χ1) is 17.6. The van der Waals surface area contributed by atoms with Crippen LogP contribution in [0, 0.1) is 0 Å². The number of rotatable bonds is 5. The molecule has 0 radical (unpaired) electrons. The van der Waals surface area contributed by atoms with Crippen LogP contribution in [0.4, 0.5) is 0 Å². The summed E-state index contributed by atoms with van der Waals surface area (Å²) in [6, 6.07) is 35.3. The van der Waals surface area contributed by atoms with Crippen molar-refractivity contribution < 1.29 is 8.83 Å². The third kappa shape index (κ3) is 4.37. The second-order valence-electron chi connectivity index (χ2n) is 8.96. The molecule has 6 rings (SSSR count). The first-order valence-corrected chi connectivity index (χ1v) is 11.8. The van der Waals surface area contributed by atoms with Crippen LogP contribution >= 0.6 is 0 Å². The van der Waals surface area contributed by atoms with Crippen molar-refractivity contribution in [2.45, 2.75) is 12.8 Å². The van der Waals surface area contributed by atoms with Crippen LogP contribution in [0.5, 0.6) is 0 Å². The van der Waals surface area contributed by atoms with Gasteiger partial charge in [0.1, 0.15) is 11.2 Å². The number of hydrogen-bond donors (Lipinski definition) is 0. The maximum absolute atomic E-state index is 12.9. The molecule has 0 aliphatic heterocycles. The van der Waals surface area contributed by atoms with Crippen molar-refractivity contribution in [3.8, 4) is 11.1 Å². The number of fused-ring (bicyclic) bond motifs is 2. The standard InChI is InChI=1S/C32H22O4/c33-31-27(19-25-17-23(11-13-29(25)35-31)15-21-7-3-1-4-8-21)28-20-26-18-24(12-14-30(26)36-32(28)34)16-22-9-5-2-6-10-22/h1-14,17-20H,15-16H2. The number of benzene rings is 4. The average Bonchev–Trinajstić information content (AvgIpc) is 2.90. The Bertz CT molecular complexity index is 1680. The van der Waals surface area contributed by atoms with E-state index in [1.54, 1.807) is 24.3 Å². The zero-order valence-corrected chi connectivity index (χ0v) is 19.4. The smallest absolute Gasteiger partial charge is 0.344 e. The van der Waals surface area contributed by atoms with Gasteiger partial charge in [-0.2, -0.15) is 0 Å². The molecule has 0 unspecified atom stereocenters. The Morgan fingerprint density at radius 1 is 0.444 bits per heavy atom. The monoisotopic (exact) mass is 470 g/mol. The van der Waals surface area contributed by atoms with Gasteiger partial charge in [-0.05, 0) is 71.5 Å². The molecule has 0 aliphatic carbocycles. The van der Waals surface area contributed by atoms with E-state index in [2.05, 4.69) is 24.3 Å². The molecule has 4 heteroatoms. The van der Waals surface area contributed by atoms with Crippen LogP contribution in [0.2, 0.25) is 0 Å². The summed E-state index contributed by atoms with van der Waals surface area (Å²) in [5.74, 6) is 0. The molecule has 0 bridgehead atoms. The molecule has 6 aromatic rings. The maximum Gasteiger partial charge on any atom is 0.344 e. The van der Waals surface area contributed by atoms with Crippen LogP contribution in [0.15, 0.2) is 128 Å². The van der Waals surface area contributed by atoms with E-state index in [0.717, 1.165) is 34.7 Å². The predicted octanol–water partition coefficient (Wildman–Crippen LogP) is 6.75. The summed E-state index contributed by atoms with van der Waals surface area (Å²) in [6.45, 7) is 0. The van der Waals surface area contributed by atoms with Gasteiger partial charge in [0.2, 0.25) is 0 Å². The Balaban J connectivity index is 1.41. The van der Waals surface area contributed by atoms with Gasteiger partial charge in [-0.15, -0.1) is 0 Å². The summed E-state index contributed by atoms with van der Waals surface area (Å²) in [5.41, 5.74) is 4.79. The minimum absolute atomic E-state index is 0.198. The van der Waals surface area contributed by atoms with Gasteiger partial charge in [-0.25, -0.2) is 9.59 Å². The lowest BCUT2D eigenvalue weighted by Gasteiger charge is -2.07. The van der Waals surface area contributed by atoms with Crippen molar-refractivity contribution >= 4 is 21.9 Å². The molecule has 0 saturated heterocycles. The summed E-state index contributed by atoms with van der Waals surface area (Å²) < 4.78 is 11.2. The lowest BCUT2D eigenvalue weighted by molar-refractivity contribution is 0.553. The molecular weight excluding hydrogens is 448 g/mol. The van der Waals surface area contributed by atoms with Crippen molar-refractivity contribution in [3.05, 3.63) is 152 Å². The molecule has 0 fully saturated rings. The SMILES string of the molecule is O=c1oc2ccc(Cc3ccccc3)cc2cc1-c1cc2cc(Cc3ccccc3)ccc2oc1=O.